The first-order valence-corrected chi connectivity index (χ1v) is 9.30. The number of hydrogen-bond donors (Lipinski definition) is 1. The van der Waals surface area contributed by atoms with Gasteiger partial charge in [0.2, 0.25) is 0 Å². The summed E-state index contributed by atoms with van der Waals surface area (Å²) in [7, 11) is 1.52. The van der Waals surface area contributed by atoms with Crippen LogP contribution in [0.5, 0.6) is 5.75 Å². The number of carbonyl (C=O) groups is 2. The molecule has 3 rings (SSSR count). The van der Waals surface area contributed by atoms with Crippen LogP contribution in [0, 0.1) is 13.8 Å². The highest BCUT2D eigenvalue weighted by molar-refractivity contribution is 5.96. The summed E-state index contributed by atoms with van der Waals surface area (Å²) in [6, 6.07) is 18.9. The molecule has 0 radical (unpaired) electrons. The second-order valence-electron chi connectivity index (χ2n) is 6.68. The molecule has 0 bridgehead atoms. The highest BCUT2D eigenvalue weighted by Crippen LogP contribution is 2.23. The second kappa shape index (κ2) is 9.10. The first-order chi connectivity index (χ1) is 14.0. The molecule has 1 N–H and O–H groups in total. The Labute approximate surface area is 170 Å². The van der Waals surface area contributed by atoms with Crippen LogP contribution in [0.25, 0.3) is 0 Å². The van der Waals surface area contributed by atoms with Crippen LogP contribution in [0.3, 0.4) is 0 Å². The lowest BCUT2D eigenvalue weighted by molar-refractivity contribution is -0.119. The number of methoxy groups -OCH3 is 1. The molecule has 150 valence electrons. The average Bonchev–Trinajstić information content (AvgIpc) is 3.01. The zero-order valence-electron chi connectivity index (χ0n) is 16.8. The number of nitrogens with one attached hydrogen (secondary N) is 1. The van der Waals surface area contributed by atoms with Gasteiger partial charge >= 0.3 is 5.97 Å². The number of carbonyl (C=O) groups excluding carboxylic acids is 2. The standard InChI is InChI=1S/C23H24N2O4/c1-16-13-19(17(2)25(16)14-18-9-5-4-6-10-18)23(27)29-15-22(26)24-20-11-7-8-12-21(20)28-3/h4-13H,14-15H2,1-3H3,(H,24,26). The Balaban J connectivity index is 1.63. The lowest BCUT2D eigenvalue weighted by Crippen LogP contribution is -2.21. The number of benzene rings is 2. The van der Waals surface area contributed by atoms with Crippen molar-refractivity contribution >= 4 is 17.6 Å². The van der Waals surface area contributed by atoms with Crippen molar-refractivity contribution in [1.82, 2.24) is 4.57 Å². The lowest BCUT2D eigenvalue weighted by atomic mass is 10.2. The predicted molar refractivity (Wildman–Crippen MR) is 111 cm³/mol. The third-order valence-electron chi connectivity index (χ3n) is 4.69. The van der Waals surface area contributed by atoms with Crippen LogP contribution in [0.15, 0.2) is 60.7 Å². The number of ether oxygens (including phenoxy) is 2. The fourth-order valence-electron chi connectivity index (χ4n) is 3.16. The monoisotopic (exact) mass is 392 g/mol. The van der Waals surface area contributed by atoms with E-state index in [1.807, 2.05) is 44.2 Å². The first-order valence-electron chi connectivity index (χ1n) is 9.30. The Morgan fingerprint density at radius 3 is 2.41 bits per heavy atom. The van der Waals surface area contributed by atoms with Crippen molar-refractivity contribution < 1.29 is 19.1 Å². The van der Waals surface area contributed by atoms with E-state index in [2.05, 4.69) is 9.88 Å². The zero-order chi connectivity index (χ0) is 20.8. The Morgan fingerprint density at radius 2 is 1.69 bits per heavy atom. The van der Waals surface area contributed by atoms with Crippen molar-refractivity contribution in [2.75, 3.05) is 19.0 Å². The molecular formula is C23H24N2O4. The Kier molecular flexibility index (Phi) is 6.34. The molecule has 3 aromatic rings. The number of para-hydroxylation sites is 2. The Hall–Kier alpha value is -3.54. The normalized spacial score (nSPS) is 10.4. The summed E-state index contributed by atoms with van der Waals surface area (Å²) in [4.78, 5) is 24.7. The molecule has 0 saturated carbocycles. The molecule has 0 atom stereocenters. The molecular weight excluding hydrogens is 368 g/mol. The summed E-state index contributed by atoms with van der Waals surface area (Å²) in [5.41, 5.74) is 3.89. The fraction of sp³-hybridized carbons (Fsp3) is 0.217. The molecule has 2 aromatic carbocycles. The molecule has 6 nitrogen and oxygen atoms in total. The van der Waals surface area contributed by atoms with Gasteiger partial charge in [-0.05, 0) is 37.6 Å². The van der Waals surface area contributed by atoms with Gasteiger partial charge in [-0.3, -0.25) is 4.79 Å². The van der Waals surface area contributed by atoms with Crippen molar-refractivity contribution in [3.05, 3.63) is 83.2 Å². The van der Waals surface area contributed by atoms with Gasteiger partial charge in [-0.25, -0.2) is 4.79 Å². The highest BCUT2D eigenvalue weighted by atomic mass is 16.5. The molecule has 0 fully saturated rings. The maximum Gasteiger partial charge on any atom is 0.340 e. The number of anilines is 1. The van der Waals surface area contributed by atoms with E-state index in [0.717, 1.165) is 17.0 Å². The van der Waals surface area contributed by atoms with Gasteiger partial charge in [0.1, 0.15) is 5.75 Å². The number of aromatic nitrogens is 1. The molecule has 0 saturated heterocycles. The molecule has 0 aliphatic heterocycles. The van der Waals surface area contributed by atoms with E-state index in [0.29, 0.717) is 23.5 Å². The number of rotatable bonds is 7. The van der Waals surface area contributed by atoms with E-state index in [4.69, 9.17) is 9.47 Å². The Bertz CT molecular complexity index is 1010. The van der Waals surface area contributed by atoms with E-state index in [1.54, 1.807) is 30.3 Å². The quantitative estimate of drug-likeness (QED) is 0.618. The molecule has 0 aliphatic carbocycles. The third kappa shape index (κ3) is 4.85. The van der Waals surface area contributed by atoms with E-state index >= 15 is 0 Å². The molecule has 29 heavy (non-hydrogen) atoms. The van der Waals surface area contributed by atoms with Crippen LogP contribution in [0.1, 0.15) is 27.3 Å². The van der Waals surface area contributed by atoms with Crippen molar-refractivity contribution in [2.45, 2.75) is 20.4 Å². The SMILES string of the molecule is COc1ccccc1NC(=O)COC(=O)c1cc(C)n(Cc2ccccc2)c1C. The van der Waals surface area contributed by atoms with Gasteiger partial charge in [-0.2, -0.15) is 0 Å². The maximum absolute atomic E-state index is 12.5. The van der Waals surface area contributed by atoms with Gasteiger partial charge in [0, 0.05) is 17.9 Å². The molecule has 0 aliphatic rings. The minimum Gasteiger partial charge on any atom is -0.495 e. The predicted octanol–water partition coefficient (Wildman–Crippen LogP) is 3.96. The summed E-state index contributed by atoms with van der Waals surface area (Å²) < 4.78 is 12.5. The topological polar surface area (TPSA) is 69.6 Å². The molecule has 1 aromatic heterocycles. The molecule has 6 heteroatoms. The van der Waals surface area contributed by atoms with Crippen molar-refractivity contribution in [2.24, 2.45) is 0 Å². The van der Waals surface area contributed by atoms with Gasteiger partial charge in [0.15, 0.2) is 6.61 Å². The number of hydrogen-bond acceptors (Lipinski definition) is 4. The minimum atomic E-state index is -0.521. The fourth-order valence-corrected chi connectivity index (χ4v) is 3.16. The van der Waals surface area contributed by atoms with Gasteiger partial charge in [-0.1, -0.05) is 42.5 Å². The highest BCUT2D eigenvalue weighted by Gasteiger charge is 2.18. The van der Waals surface area contributed by atoms with E-state index in [-0.39, 0.29) is 6.61 Å². The third-order valence-corrected chi connectivity index (χ3v) is 4.69. The van der Waals surface area contributed by atoms with Crippen LogP contribution in [-0.4, -0.2) is 30.2 Å². The molecule has 0 spiro atoms. The smallest absolute Gasteiger partial charge is 0.340 e. The Morgan fingerprint density at radius 1 is 1.00 bits per heavy atom. The van der Waals surface area contributed by atoms with Gasteiger partial charge in [0.05, 0.1) is 18.4 Å². The number of aryl methyl sites for hydroxylation is 1. The minimum absolute atomic E-state index is 0.376. The summed E-state index contributed by atoms with van der Waals surface area (Å²) in [5, 5.41) is 2.69. The van der Waals surface area contributed by atoms with Crippen LogP contribution >= 0.6 is 0 Å². The summed E-state index contributed by atoms with van der Waals surface area (Å²) in [6.07, 6.45) is 0. The second-order valence-corrected chi connectivity index (χ2v) is 6.68. The maximum atomic E-state index is 12.5. The van der Waals surface area contributed by atoms with E-state index in [9.17, 15) is 9.59 Å². The van der Waals surface area contributed by atoms with Crippen LogP contribution in [0.4, 0.5) is 5.69 Å². The average molecular weight is 392 g/mol. The largest absolute Gasteiger partial charge is 0.495 e. The number of esters is 1. The van der Waals surface area contributed by atoms with Gasteiger partial charge in [-0.15, -0.1) is 0 Å². The van der Waals surface area contributed by atoms with Crippen molar-refractivity contribution in [3.8, 4) is 5.75 Å². The van der Waals surface area contributed by atoms with Crippen molar-refractivity contribution in [3.63, 3.8) is 0 Å². The van der Waals surface area contributed by atoms with E-state index in [1.165, 1.54) is 7.11 Å². The van der Waals surface area contributed by atoms with Gasteiger partial charge in [0.25, 0.3) is 5.91 Å². The summed E-state index contributed by atoms with van der Waals surface area (Å²) >= 11 is 0. The van der Waals surface area contributed by atoms with Crippen LogP contribution in [-0.2, 0) is 16.1 Å². The molecule has 1 amide bonds. The zero-order valence-corrected chi connectivity index (χ0v) is 16.8. The molecule has 1 heterocycles. The number of nitrogens with zero attached hydrogens (tertiary/aromatic N) is 1. The lowest BCUT2D eigenvalue weighted by Gasteiger charge is -2.11. The first kappa shape index (κ1) is 20.2. The van der Waals surface area contributed by atoms with Crippen molar-refractivity contribution in [1.29, 1.82) is 0 Å². The van der Waals surface area contributed by atoms with Crippen LogP contribution < -0.4 is 10.1 Å². The summed E-state index contributed by atoms with van der Waals surface area (Å²) in [5.74, 6) is -0.412. The number of amides is 1. The van der Waals surface area contributed by atoms with E-state index < -0.39 is 11.9 Å². The molecule has 0 unspecified atom stereocenters. The summed E-state index contributed by atoms with van der Waals surface area (Å²) in [6.45, 7) is 4.11. The van der Waals surface area contributed by atoms with Crippen LogP contribution in [0.2, 0.25) is 0 Å². The van der Waals surface area contributed by atoms with Gasteiger partial charge < -0.3 is 19.4 Å².